The number of halogens is 1. The fraction of sp³-hybridized carbons (Fsp3) is 0.588. The first kappa shape index (κ1) is 21.1. The first-order valence-electron chi connectivity index (χ1n) is 8.69. The van der Waals surface area contributed by atoms with E-state index in [9.17, 15) is 13.2 Å². The molecule has 0 saturated carbocycles. The molecule has 0 atom stereocenters. The number of hydrogen-bond donors (Lipinski definition) is 1. The number of rotatable bonds is 3. The Morgan fingerprint density at radius 2 is 1.85 bits per heavy atom. The second-order valence-corrected chi connectivity index (χ2v) is 8.30. The Bertz CT molecular complexity index is 728. The molecule has 2 aliphatic heterocycles. The molecule has 0 bridgehead atoms. The normalized spacial score (nSPS) is 19.5. The first-order valence-corrected chi connectivity index (χ1v) is 10.1. The van der Waals surface area contributed by atoms with Gasteiger partial charge < -0.3 is 15.0 Å². The summed E-state index contributed by atoms with van der Waals surface area (Å²) in [5.74, 6) is -0.109. The summed E-state index contributed by atoms with van der Waals surface area (Å²) >= 11 is 0. The van der Waals surface area contributed by atoms with Crippen molar-refractivity contribution in [1.29, 1.82) is 0 Å². The Morgan fingerprint density at radius 1 is 1.12 bits per heavy atom. The van der Waals surface area contributed by atoms with Crippen molar-refractivity contribution in [3.05, 3.63) is 29.3 Å². The molecule has 1 amide bonds. The number of nitrogens with one attached hydrogen (secondary N) is 1. The number of aryl methyl sites for hydroxylation is 1. The van der Waals surface area contributed by atoms with E-state index in [0.717, 1.165) is 19.5 Å². The van der Waals surface area contributed by atoms with E-state index in [4.69, 9.17) is 4.74 Å². The SMILES string of the molecule is Cc1ccc(C(=O)N2CCCNCC2)cc1S(=O)(=O)N1CCOCC1.Cl. The Kier molecular flexibility index (Phi) is 7.42. The third kappa shape index (κ3) is 4.55. The molecule has 0 radical (unpaired) electrons. The smallest absolute Gasteiger partial charge is 0.253 e. The van der Waals surface area contributed by atoms with E-state index in [2.05, 4.69) is 5.32 Å². The maximum absolute atomic E-state index is 12.9. The quantitative estimate of drug-likeness (QED) is 0.810. The van der Waals surface area contributed by atoms with Gasteiger partial charge in [0.25, 0.3) is 5.91 Å². The Morgan fingerprint density at radius 3 is 2.58 bits per heavy atom. The lowest BCUT2D eigenvalue weighted by atomic mass is 10.1. The summed E-state index contributed by atoms with van der Waals surface area (Å²) in [6, 6.07) is 4.96. The van der Waals surface area contributed by atoms with Gasteiger partial charge in [-0.25, -0.2) is 8.42 Å². The molecular formula is C17H26ClN3O4S. The van der Waals surface area contributed by atoms with Gasteiger partial charge in [-0.05, 0) is 37.6 Å². The van der Waals surface area contributed by atoms with Gasteiger partial charge in [-0.3, -0.25) is 4.79 Å². The predicted molar refractivity (Wildman–Crippen MR) is 101 cm³/mol. The number of amides is 1. The highest BCUT2D eigenvalue weighted by molar-refractivity contribution is 7.89. The van der Waals surface area contributed by atoms with Crippen molar-refractivity contribution in [3.8, 4) is 0 Å². The molecule has 0 aromatic heterocycles. The van der Waals surface area contributed by atoms with Crippen LogP contribution in [0.2, 0.25) is 0 Å². The standard InChI is InChI=1S/C17H25N3O4S.ClH/c1-14-3-4-15(17(21)19-7-2-5-18-6-8-19)13-16(14)25(22,23)20-9-11-24-12-10-20;/h3-4,13,18H,2,5-12H2,1H3;1H. The molecule has 2 aliphatic rings. The summed E-state index contributed by atoms with van der Waals surface area (Å²) in [5.41, 5.74) is 1.08. The second-order valence-electron chi connectivity index (χ2n) is 6.39. The van der Waals surface area contributed by atoms with Gasteiger partial charge in [-0.1, -0.05) is 6.07 Å². The highest BCUT2D eigenvalue weighted by atomic mass is 35.5. The lowest BCUT2D eigenvalue weighted by Crippen LogP contribution is -2.41. The molecule has 1 N–H and O–H groups in total. The van der Waals surface area contributed by atoms with Gasteiger partial charge >= 0.3 is 0 Å². The number of hydrogen-bond acceptors (Lipinski definition) is 5. The van der Waals surface area contributed by atoms with Crippen LogP contribution >= 0.6 is 12.4 Å². The molecule has 146 valence electrons. The predicted octanol–water partition coefficient (Wildman–Crippen LogP) is 0.873. The number of benzene rings is 1. The van der Waals surface area contributed by atoms with E-state index < -0.39 is 10.0 Å². The van der Waals surface area contributed by atoms with Crippen molar-refractivity contribution < 1.29 is 17.9 Å². The van der Waals surface area contributed by atoms with Gasteiger partial charge in [0.05, 0.1) is 18.1 Å². The maximum atomic E-state index is 12.9. The zero-order valence-electron chi connectivity index (χ0n) is 14.9. The lowest BCUT2D eigenvalue weighted by Gasteiger charge is -2.27. The highest BCUT2D eigenvalue weighted by Gasteiger charge is 2.29. The molecule has 3 rings (SSSR count). The largest absolute Gasteiger partial charge is 0.379 e. The molecule has 2 saturated heterocycles. The van der Waals surface area contributed by atoms with E-state index in [0.29, 0.717) is 50.5 Å². The number of carbonyl (C=O) groups excluding carboxylic acids is 1. The Balaban J connectivity index is 0.00000243. The number of nitrogens with zero attached hydrogens (tertiary/aromatic N) is 2. The third-order valence-corrected chi connectivity index (χ3v) is 6.69. The lowest BCUT2D eigenvalue weighted by molar-refractivity contribution is 0.0729. The van der Waals surface area contributed by atoms with Crippen LogP contribution < -0.4 is 5.32 Å². The fourth-order valence-corrected chi connectivity index (χ4v) is 4.83. The summed E-state index contributed by atoms with van der Waals surface area (Å²) in [6.45, 7) is 6.23. The first-order chi connectivity index (χ1) is 12.0. The van der Waals surface area contributed by atoms with Crippen LogP contribution in [0.3, 0.4) is 0 Å². The fourth-order valence-electron chi connectivity index (χ4n) is 3.17. The summed E-state index contributed by atoms with van der Waals surface area (Å²) in [6.07, 6.45) is 0.899. The molecule has 0 spiro atoms. The minimum Gasteiger partial charge on any atom is -0.379 e. The van der Waals surface area contributed by atoms with E-state index in [1.165, 1.54) is 10.4 Å². The summed E-state index contributed by atoms with van der Waals surface area (Å²) in [5, 5.41) is 3.26. The van der Waals surface area contributed by atoms with Crippen LogP contribution in [-0.2, 0) is 14.8 Å². The molecule has 2 heterocycles. The van der Waals surface area contributed by atoms with Crippen LogP contribution in [0.15, 0.2) is 23.1 Å². The third-order valence-electron chi connectivity index (χ3n) is 4.65. The molecule has 26 heavy (non-hydrogen) atoms. The van der Waals surface area contributed by atoms with Crippen LogP contribution in [0.5, 0.6) is 0 Å². The molecule has 7 nitrogen and oxygen atoms in total. The van der Waals surface area contributed by atoms with Crippen molar-refractivity contribution >= 4 is 28.3 Å². The topological polar surface area (TPSA) is 79.0 Å². The molecule has 9 heteroatoms. The van der Waals surface area contributed by atoms with E-state index >= 15 is 0 Å². The van der Waals surface area contributed by atoms with Crippen molar-refractivity contribution in [1.82, 2.24) is 14.5 Å². The van der Waals surface area contributed by atoms with Crippen LogP contribution in [-0.4, -0.2) is 76.0 Å². The molecule has 1 aromatic rings. The van der Waals surface area contributed by atoms with E-state index in [-0.39, 0.29) is 23.2 Å². The molecule has 1 aromatic carbocycles. The van der Waals surface area contributed by atoms with Crippen LogP contribution in [0.4, 0.5) is 0 Å². The van der Waals surface area contributed by atoms with Gasteiger partial charge in [-0.15, -0.1) is 12.4 Å². The van der Waals surface area contributed by atoms with Gasteiger partial charge in [0.1, 0.15) is 0 Å². The maximum Gasteiger partial charge on any atom is 0.253 e. The van der Waals surface area contributed by atoms with E-state index in [1.54, 1.807) is 24.0 Å². The van der Waals surface area contributed by atoms with Crippen molar-refractivity contribution in [2.24, 2.45) is 0 Å². The van der Waals surface area contributed by atoms with Gasteiger partial charge in [0, 0.05) is 38.3 Å². The number of carbonyl (C=O) groups is 1. The van der Waals surface area contributed by atoms with E-state index in [1.807, 2.05) is 0 Å². The minimum atomic E-state index is -3.62. The number of morpholine rings is 1. The van der Waals surface area contributed by atoms with Gasteiger partial charge in [0.15, 0.2) is 0 Å². The van der Waals surface area contributed by atoms with Gasteiger partial charge in [0.2, 0.25) is 10.0 Å². The Hall–Kier alpha value is -1.19. The van der Waals surface area contributed by atoms with Crippen LogP contribution in [0.25, 0.3) is 0 Å². The molecule has 0 unspecified atom stereocenters. The summed E-state index contributed by atoms with van der Waals surface area (Å²) in [7, 11) is -3.62. The average Bonchev–Trinajstić information content (AvgIpc) is 2.91. The van der Waals surface area contributed by atoms with Gasteiger partial charge in [-0.2, -0.15) is 4.31 Å². The molecular weight excluding hydrogens is 378 g/mol. The van der Waals surface area contributed by atoms with Crippen molar-refractivity contribution in [2.75, 3.05) is 52.5 Å². The second kappa shape index (κ2) is 9.14. The summed E-state index contributed by atoms with van der Waals surface area (Å²) in [4.78, 5) is 14.8. The molecule has 2 fully saturated rings. The van der Waals surface area contributed by atoms with Crippen LogP contribution in [0, 0.1) is 6.92 Å². The van der Waals surface area contributed by atoms with Crippen molar-refractivity contribution in [2.45, 2.75) is 18.2 Å². The zero-order chi connectivity index (χ0) is 17.9. The van der Waals surface area contributed by atoms with Crippen molar-refractivity contribution in [3.63, 3.8) is 0 Å². The highest BCUT2D eigenvalue weighted by Crippen LogP contribution is 2.23. The molecule has 0 aliphatic carbocycles. The number of sulfonamides is 1. The summed E-state index contributed by atoms with van der Waals surface area (Å²) < 4.78 is 32.6. The minimum absolute atomic E-state index is 0. The Labute approximate surface area is 161 Å². The van der Waals surface area contributed by atoms with Crippen LogP contribution in [0.1, 0.15) is 22.3 Å². The number of ether oxygens (including phenoxy) is 1. The monoisotopic (exact) mass is 403 g/mol. The average molecular weight is 404 g/mol. The zero-order valence-corrected chi connectivity index (χ0v) is 16.6.